The van der Waals surface area contributed by atoms with Crippen LogP contribution in [0.4, 0.5) is 0 Å². The van der Waals surface area contributed by atoms with E-state index in [0.29, 0.717) is 0 Å². The molecule has 0 bridgehead atoms. The number of thioether (sulfide) groups is 1. The lowest BCUT2D eigenvalue weighted by molar-refractivity contribution is 0.592. The number of rotatable bonds is 6. The summed E-state index contributed by atoms with van der Waals surface area (Å²) >= 11 is 3.14. The molecule has 0 saturated carbocycles. The van der Waals surface area contributed by atoms with Gasteiger partial charge >= 0.3 is 0 Å². The molecule has 0 N–H and O–H groups in total. The molecule has 0 aliphatic carbocycles. The summed E-state index contributed by atoms with van der Waals surface area (Å²) in [6, 6.07) is 37.9. The Morgan fingerprint density at radius 2 is 1.15 bits per heavy atom. The fourth-order valence-corrected chi connectivity index (χ4v) is 8.25. The quantitative estimate of drug-likeness (QED) is 0.0912. The zero-order valence-corrected chi connectivity index (χ0v) is 22.1. The van der Waals surface area contributed by atoms with Gasteiger partial charge in [-0.2, -0.15) is 0 Å². The van der Waals surface area contributed by atoms with Crippen LogP contribution >= 0.6 is 30.9 Å². The first-order valence-corrected chi connectivity index (χ1v) is 14.5. The average molecular weight is 502 g/mol. The molecule has 0 saturated heterocycles. The Balaban J connectivity index is 1.86. The van der Waals surface area contributed by atoms with Gasteiger partial charge in [0, 0.05) is 31.1 Å². The highest BCUT2D eigenvalue weighted by Crippen LogP contribution is 2.45. The lowest BCUT2D eigenvalue weighted by Gasteiger charge is -2.23. The molecule has 0 unspecified atom stereocenters. The van der Waals surface area contributed by atoms with Gasteiger partial charge in [-0.05, 0) is 44.9 Å². The minimum Gasteiger partial charge on any atom is -0.309 e. The molecule has 4 rings (SSSR count). The van der Waals surface area contributed by atoms with Crippen LogP contribution in [0.1, 0.15) is 26.3 Å². The maximum absolute atomic E-state index is 15.0. The summed E-state index contributed by atoms with van der Waals surface area (Å²) < 4.78 is 19.9. The van der Waals surface area contributed by atoms with Gasteiger partial charge in [-0.25, -0.2) is 4.40 Å². The molecule has 0 amide bonds. The highest BCUT2D eigenvalue weighted by atomic mass is 32.2. The van der Waals surface area contributed by atoms with Gasteiger partial charge < -0.3 is 4.57 Å². The summed E-state index contributed by atoms with van der Waals surface area (Å²) in [7, 11) is -3.10. The molecule has 0 atom stereocenters. The van der Waals surface area contributed by atoms with Crippen molar-refractivity contribution in [2.24, 2.45) is 4.40 Å². The Morgan fingerprint density at radius 1 is 0.676 bits per heavy atom. The molecule has 172 valence electrons. The summed E-state index contributed by atoms with van der Waals surface area (Å²) in [4.78, 5) is 0.954. The molecule has 0 spiro atoms. The van der Waals surface area contributed by atoms with Crippen molar-refractivity contribution < 1.29 is 4.57 Å². The molecule has 4 aromatic rings. The van der Waals surface area contributed by atoms with Crippen LogP contribution in [0.5, 0.6) is 0 Å². The van der Waals surface area contributed by atoms with Crippen molar-refractivity contribution in [2.75, 3.05) is 0 Å². The Morgan fingerprint density at radius 3 is 1.68 bits per heavy atom. The van der Waals surface area contributed by atoms with Crippen LogP contribution < -0.4 is 15.9 Å². The molecular weight excluding hydrogens is 473 g/mol. The van der Waals surface area contributed by atoms with Gasteiger partial charge in [-0.1, -0.05) is 115 Å². The molecule has 5 heteroatoms. The molecule has 2 nitrogen and oxygen atoms in total. The Hall–Kier alpha value is -2.52. The van der Waals surface area contributed by atoms with Gasteiger partial charge in [0.15, 0.2) is 7.14 Å². The van der Waals surface area contributed by atoms with E-state index >= 15 is 4.57 Å². The van der Waals surface area contributed by atoms with Crippen LogP contribution in [0.2, 0.25) is 0 Å². The van der Waals surface area contributed by atoms with Crippen molar-refractivity contribution in [1.29, 1.82) is 0 Å². The van der Waals surface area contributed by atoms with E-state index in [-0.39, 0.29) is 4.75 Å². The Labute approximate surface area is 211 Å². The largest absolute Gasteiger partial charge is 0.309 e. The van der Waals surface area contributed by atoms with Gasteiger partial charge in [-0.15, -0.1) is 0 Å². The third kappa shape index (κ3) is 5.75. The number of nitrogens with zero attached hydrogens (tertiary/aromatic N) is 1. The minimum atomic E-state index is -3.10. The predicted molar refractivity (Wildman–Crippen MR) is 152 cm³/mol. The summed E-state index contributed by atoms with van der Waals surface area (Å²) in [6.45, 7) is 6.46. The summed E-state index contributed by atoms with van der Waals surface area (Å²) in [6.07, 6.45) is 0. The van der Waals surface area contributed by atoms with Gasteiger partial charge in [0.1, 0.15) is 5.04 Å². The average Bonchev–Trinajstić information content (AvgIpc) is 2.87. The lowest BCUT2D eigenvalue weighted by Crippen LogP contribution is -2.26. The van der Waals surface area contributed by atoms with Crippen molar-refractivity contribution in [3.05, 3.63) is 121 Å². The smallest absolute Gasteiger partial charge is 0.172 e. The van der Waals surface area contributed by atoms with Crippen LogP contribution in [0.3, 0.4) is 0 Å². The molecule has 0 aliphatic heterocycles. The second-order valence-electron chi connectivity index (χ2n) is 8.82. The highest BCUT2D eigenvalue weighted by Gasteiger charge is 2.32. The SMILES string of the molecule is CC(C)(C)S/N=C(/Sc1ccccc1P(=O)(c1ccccc1)c1ccccc1)c1ccccc1. The van der Waals surface area contributed by atoms with Gasteiger partial charge in [0.05, 0.1) is 0 Å². The van der Waals surface area contributed by atoms with E-state index < -0.39 is 7.14 Å². The maximum Gasteiger partial charge on any atom is 0.172 e. The number of hydrogen-bond acceptors (Lipinski definition) is 4. The van der Waals surface area contributed by atoms with E-state index in [1.807, 2.05) is 97.1 Å². The molecule has 0 heterocycles. The monoisotopic (exact) mass is 501 g/mol. The summed E-state index contributed by atoms with van der Waals surface area (Å²) in [5, 5.41) is 3.40. The van der Waals surface area contributed by atoms with E-state index in [9.17, 15) is 0 Å². The van der Waals surface area contributed by atoms with Crippen molar-refractivity contribution in [2.45, 2.75) is 30.4 Å². The predicted octanol–water partition coefficient (Wildman–Crippen LogP) is 7.31. The zero-order valence-electron chi connectivity index (χ0n) is 19.6. The van der Waals surface area contributed by atoms with Crippen molar-refractivity contribution >= 4 is 51.8 Å². The van der Waals surface area contributed by atoms with E-state index in [2.05, 4.69) is 39.0 Å². The molecule has 4 aromatic carbocycles. The molecule has 34 heavy (non-hydrogen) atoms. The fraction of sp³-hybridized carbons (Fsp3) is 0.138. The normalized spacial score (nSPS) is 12.5. The lowest BCUT2D eigenvalue weighted by atomic mass is 10.2. The maximum atomic E-state index is 15.0. The molecule has 0 radical (unpaired) electrons. The van der Waals surface area contributed by atoms with Gasteiger partial charge in [0.2, 0.25) is 0 Å². The molecular formula is C29H28NOPS2. The number of hydrogen-bond donors (Lipinski definition) is 0. The van der Waals surface area contributed by atoms with Crippen molar-refractivity contribution in [3.63, 3.8) is 0 Å². The third-order valence-corrected chi connectivity index (χ3v) is 10.4. The fourth-order valence-electron chi connectivity index (χ4n) is 3.50. The summed E-state index contributed by atoms with van der Waals surface area (Å²) in [5.41, 5.74) is 1.05. The first-order chi connectivity index (χ1) is 16.4. The first-order valence-electron chi connectivity index (χ1n) is 11.2. The van der Waals surface area contributed by atoms with Crippen LogP contribution in [-0.2, 0) is 4.57 Å². The Bertz CT molecular complexity index is 1260. The molecule has 0 aliphatic rings. The molecule has 0 fully saturated rings. The van der Waals surface area contributed by atoms with Crippen LogP contribution in [0.25, 0.3) is 0 Å². The van der Waals surface area contributed by atoms with Crippen molar-refractivity contribution in [3.8, 4) is 0 Å². The number of benzene rings is 4. The van der Waals surface area contributed by atoms with Crippen LogP contribution in [-0.4, -0.2) is 9.79 Å². The van der Waals surface area contributed by atoms with Crippen LogP contribution in [0, 0.1) is 0 Å². The molecule has 0 aromatic heterocycles. The summed E-state index contributed by atoms with van der Waals surface area (Å²) in [5.74, 6) is 0. The third-order valence-electron chi connectivity index (χ3n) is 5.07. The van der Waals surface area contributed by atoms with E-state index in [0.717, 1.165) is 31.4 Å². The van der Waals surface area contributed by atoms with Gasteiger partial charge in [-0.3, -0.25) is 0 Å². The highest BCUT2D eigenvalue weighted by molar-refractivity contribution is 8.16. The second kappa shape index (κ2) is 10.8. The Kier molecular flexibility index (Phi) is 7.83. The first kappa shape index (κ1) is 24.6. The van der Waals surface area contributed by atoms with E-state index in [4.69, 9.17) is 4.40 Å². The van der Waals surface area contributed by atoms with E-state index in [1.165, 1.54) is 0 Å². The zero-order chi connectivity index (χ0) is 24.0. The van der Waals surface area contributed by atoms with Crippen molar-refractivity contribution in [1.82, 2.24) is 0 Å². The second-order valence-corrected chi connectivity index (χ2v) is 14.2. The topological polar surface area (TPSA) is 29.4 Å². The standard InChI is InChI=1S/C29H28NOPS2/c1-29(2,3)34-30-28(23-15-7-4-8-16-23)33-27-22-14-13-21-26(27)32(31,24-17-9-5-10-18-24)25-19-11-6-12-20-25/h4-22H,1-3H3/b30-28+. The van der Waals surface area contributed by atoms with Gasteiger partial charge in [0.25, 0.3) is 0 Å². The van der Waals surface area contributed by atoms with E-state index in [1.54, 1.807) is 23.7 Å². The van der Waals surface area contributed by atoms with Crippen LogP contribution in [0.15, 0.2) is 125 Å². The minimum absolute atomic E-state index is 0.0104.